The second kappa shape index (κ2) is 6.23. The second-order valence-electron chi connectivity index (χ2n) is 4.77. The Hall–Kier alpha value is -2.31. The minimum atomic E-state index is 0.0791. The zero-order valence-corrected chi connectivity index (χ0v) is 11.7. The van der Waals surface area contributed by atoms with Crippen LogP contribution in [-0.4, -0.2) is 33.0 Å². The van der Waals surface area contributed by atoms with E-state index in [4.69, 9.17) is 9.26 Å². The van der Waals surface area contributed by atoms with Crippen LogP contribution >= 0.6 is 0 Å². The first-order valence-corrected chi connectivity index (χ1v) is 6.29. The summed E-state index contributed by atoms with van der Waals surface area (Å²) in [5.41, 5.74) is 0.489. The van der Waals surface area contributed by atoms with E-state index in [0.29, 0.717) is 35.6 Å². The van der Waals surface area contributed by atoms with Crippen molar-refractivity contribution in [3.05, 3.63) is 18.3 Å². The molecule has 0 saturated carbocycles. The van der Waals surface area contributed by atoms with Crippen molar-refractivity contribution < 1.29 is 14.1 Å². The Labute approximate surface area is 116 Å². The maximum absolute atomic E-state index is 11.7. The summed E-state index contributed by atoms with van der Waals surface area (Å²) in [5.74, 6) is 1.42. The van der Waals surface area contributed by atoms with Crippen molar-refractivity contribution in [2.24, 2.45) is 5.92 Å². The second-order valence-corrected chi connectivity index (χ2v) is 4.77. The van der Waals surface area contributed by atoms with Crippen LogP contribution < -0.4 is 4.74 Å². The highest BCUT2D eigenvalue weighted by Gasteiger charge is 2.14. The average molecular weight is 276 g/mol. The van der Waals surface area contributed by atoms with E-state index in [1.165, 1.54) is 13.4 Å². The summed E-state index contributed by atoms with van der Waals surface area (Å²) < 4.78 is 10.1. The maximum Gasteiger partial charge on any atom is 0.234 e. The summed E-state index contributed by atoms with van der Waals surface area (Å²) in [7, 11) is 1.51. The lowest BCUT2D eigenvalue weighted by molar-refractivity contribution is -0.119. The third-order valence-electron chi connectivity index (χ3n) is 2.53. The van der Waals surface area contributed by atoms with Gasteiger partial charge in [-0.3, -0.25) is 4.79 Å². The molecule has 7 nitrogen and oxygen atoms in total. The highest BCUT2D eigenvalue weighted by atomic mass is 16.5. The lowest BCUT2D eigenvalue weighted by atomic mass is 10.1. The number of Topliss-reactive ketones (excluding diaryl/α,β-unsaturated/α-hetero) is 1. The van der Waals surface area contributed by atoms with Crippen molar-refractivity contribution in [2.75, 3.05) is 7.11 Å². The van der Waals surface area contributed by atoms with Gasteiger partial charge in [0.25, 0.3) is 0 Å². The van der Waals surface area contributed by atoms with Gasteiger partial charge in [0.05, 0.1) is 13.5 Å². The number of carbonyl (C=O) groups is 1. The molecular weight excluding hydrogens is 260 g/mol. The number of carbonyl (C=O) groups excluding carboxylic acids is 1. The largest absolute Gasteiger partial charge is 0.481 e. The Balaban J connectivity index is 2.10. The topological polar surface area (TPSA) is 91.0 Å². The molecule has 0 aliphatic heterocycles. The van der Waals surface area contributed by atoms with Gasteiger partial charge in [0.2, 0.25) is 17.6 Å². The minimum absolute atomic E-state index is 0.0791. The molecule has 0 radical (unpaired) electrons. The summed E-state index contributed by atoms with van der Waals surface area (Å²) in [6.45, 7) is 3.98. The van der Waals surface area contributed by atoms with Gasteiger partial charge >= 0.3 is 0 Å². The van der Waals surface area contributed by atoms with Crippen molar-refractivity contribution in [3.8, 4) is 17.4 Å². The molecule has 2 heterocycles. The Morgan fingerprint density at radius 1 is 1.40 bits per heavy atom. The van der Waals surface area contributed by atoms with Crippen molar-refractivity contribution in [3.63, 3.8) is 0 Å². The first-order valence-electron chi connectivity index (χ1n) is 6.29. The van der Waals surface area contributed by atoms with E-state index in [1.807, 2.05) is 13.8 Å². The molecule has 20 heavy (non-hydrogen) atoms. The monoisotopic (exact) mass is 276 g/mol. The maximum atomic E-state index is 11.7. The summed E-state index contributed by atoms with van der Waals surface area (Å²) in [4.78, 5) is 23.8. The number of hydrogen-bond donors (Lipinski definition) is 0. The fraction of sp³-hybridized carbons (Fsp3) is 0.462. The average Bonchev–Trinajstić information content (AvgIpc) is 2.86. The van der Waals surface area contributed by atoms with Crippen molar-refractivity contribution >= 4 is 5.78 Å². The number of nitrogens with zero attached hydrogens (tertiary/aromatic N) is 4. The molecule has 0 unspecified atom stereocenters. The highest BCUT2D eigenvalue weighted by Crippen LogP contribution is 2.17. The van der Waals surface area contributed by atoms with Gasteiger partial charge in [-0.1, -0.05) is 19.0 Å². The first-order chi connectivity index (χ1) is 9.58. The van der Waals surface area contributed by atoms with Crippen LogP contribution in [-0.2, 0) is 11.2 Å². The lowest BCUT2D eigenvalue weighted by Gasteiger charge is -2.00. The molecule has 0 N–H and O–H groups in total. The molecule has 7 heteroatoms. The summed E-state index contributed by atoms with van der Waals surface area (Å²) in [6, 6.07) is 1.60. The molecule has 2 aromatic heterocycles. The summed E-state index contributed by atoms with van der Waals surface area (Å²) >= 11 is 0. The molecule has 0 fully saturated rings. The number of rotatable bonds is 6. The van der Waals surface area contributed by atoms with Crippen LogP contribution in [0.4, 0.5) is 0 Å². The van der Waals surface area contributed by atoms with Crippen molar-refractivity contribution in [1.82, 2.24) is 20.1 Å². The van der Waals surface area contributed by atoms with Crippen LogP contribution in [0.15, 0.2) is 16.9 Å². The predicted octanol–water partition coefficient (Wildman–Crippen LogP) is 1.69. The lowest BCUT2D eigenvalue weighted by Crippen LogP contribution is -2.06. The molecule has 0 aliphatic carbocycles. The molecule has 2 aromatic rings. The van der Waals surface area contributed by atoms with Gasteiger partial charge in [-0.2, -0.15) is 4.98 Å². The molecule has 106 valence electrons. The molecule has 0 saturated heterocycles. The van der Waals surface area contributed by atoms with Crippen LogP contribution in [0.3, 0.4) is 0 Å². The molecule has 2 rings (SSSR count). The third kappa shape index (κ3) is 3.59. The van der Waals surface area contributed by atoms with Crippen molar-refractivity contribution in [1.29, 1.82) is 0 Å². The zero-order valence-electron chi connectivity index (χ0n) is 11.7. The minimum Gasteiger partial charge on any atom is -0.481 e. The molecular formula is C13H16N4O3. The van der Waals surface area contributed by atoms with E-state index in [1.54, 1.807) is 6.07 Å². The van der Waals surface area contributed by atoms with Gasteiger partial charge < -0.3 is 9.26 Å². The zero-order chi connectivity index (χ0) is 14.5. The summed E-state index contributed by atoms with van der Waals surface area (Å²) in [6.07, 6.45) is 2.00. The Morgan fingerprint density at radius 2 is 2.20 bits per heavy atom. The van der Waals surface area contributed by atoms with Crippen LogP contribution in [0.1, 0.15) is 26.2 Å². The van der Waals surface area contributed by atoms with Gasteiger partial charge in [-0.05, 0) is 5.92 Å². The number of ether oxygens (including phenoxy) is 1. The quantitative estimate of drug-likeness (QED) is 0.792. The van der Waals surface area contributed by atoms with E-state index >= 15 is 0 Å². The Kier molecular flexibility index (Phi) is 4.39. The van der Waals surface area contributed by atoms with Crippen LogP contribution in [0.2, 0.25) is 0 Å². The third-order valence-corrected chi connectivity index (χ3v) is 2.53. The Bertz CT molecular complexity index is 595. The number of methoxy groups -OCH3 is 1. The normalized spacial score (nSPS) is 10.8. The molecule has 0 atom stereocenters. The van der Waals surface area contributed by atoms with E-state index in [2.05, 4.69) is 20.1 Å². The standard InChI is InChI=1S/C13H16N4O3/c1-8(2)4-9(18)5-12-16-13(17-20-12)10-6-11(19-3)15-7-14-10/h6-8H,4-5H2,1-3H3. The van der Waals surface area contributed by atoms with Crippen molar-refractivity contribution in [2.45, 2.75) is 26.7 Å². The molecule has 0 spiro atoms. The number of ketones is 1. The van der Waals surface area contributed by atoms with E-state index < -0.39 is 0 Å². The van der Waals surface area contributed by atoms with Gasteiger partial charge in [0.1, 0.15) is 17.8 Å². The van der Waals surface area contributed by atoms with Gasteiger partial charge in [-0.15, -0.1) is 0 Å². The van der Waals surface area contributed by atoms with Gasteiger partial charge in [0, 0.05) is 12.5 Å². The SMILES string of the molecule is COc1cc(-c2noc(CC(=O)CC(C)C)n2)ncn1. The fourth-order valence-electron chi connectivity index (χ4n) is 1.70. The van der Waals surface area contributed by atoms with Crippen LogP contribution in [0, 0.1) is 5.92 Å². The number of hydrogen-bond acceptors (Lipinski definition) is 7. The fourth-order valence-corrected chi connectivity index (χ4v) is 1.70. The van der Waals surface area contributed by atoms with Gasteiger partial charge in [-0.25, -0.2) is 9.97 Å². The smallest absolute Gasteiger partial charge is 0.234 e. The predicted molar refractivity (Wildman–Crippen MR) is 70.0 cm³/mol. The molecule has 0 bridgehead atoms. The summed E-state index contributed by atoms with van der Waals surface area (Å²) in [5, 5.41) is 3.81. The van der Waals surface area contributed by atoms with Gasteiger partial charge in [0.15, 0.2) is 0 Å². The molecule has 0 aromatic carbocycles. The first kappa shape index (κ1) is 14.1. The van der Waals surface area contributed by atoms with E-state index in [-0.39, 0.29) is 12.2 Å². The Morgan fingerprint density at radius 3 is 2.90 bits per heavy atom. The van der Waals surface area contributed by atoms with E-state index in [9.17, 15) is 4.79 Å². The highest BCUT2D eigenvalue weighted by molar-refractivity contribution is 5.80. The van der Waals surface area contributed by atoms with Crippen LogP contribution in [0.5, 0.6) is 5.88 Å². The van der Waals surface area contributed by atoms with E-state index in [0.717, 1.165) is 0 Å². The molecule has 0 aliphatic rings. The molecule has 0 amide bonds. The van der Waals surface area contributed by atoms with Crippen LogP contribution in [0.25, 0.3) is 11.5 Å². The number of aromatic nitrogens is 4.